The third kappa shape index (κ3) is 3.52. The van der Waals surface area contributed by atoms with Crippen LogP contribution in [-0.4, -0.2) is 90.5 Å². The largest absolute Gasteiger partial charge is 0.504 e. The lowest BCUT2D eigenvalue weighted by atomic mass is 9.48. The summed E-state index contributed by atoms with van der Waals surface area (Å²) in [5.74, 6) is 0.175. The van der Waals surface area contributed by atoms with Gasteiger partial charge in [-0.3, -0.25) is 9.69 Å². The zero-order valence-corrected chi connectivity index (χ0v) is 22.8. The first-order chi connectivity index (χ1) is 17.4. The topological polar surface area (TPSA) is 119 Å². The van der Waals surface area contributed by atoms with Crippen LogP contribution in [0.5, 0.6) is 11.5 Å². The van der Waals surface area contributed by atoms with Crippen molar-refractivity contribution >= 4 is 15.9 Å². The van der Waals surface area contributed by atoms with E-state index in [1.165, 1.54) is 26.9 Å². The van der Waals surface area contributed by atoms with Crippen LogP contribution >= 0.6 is 0 Å². The van der Waals surface area contributed by atoms with Crippen molar-refractivity contribution < 1.29 is 28.2 Å². The lowest BCUT2D eigenvalue weighted by Gasteiger charge is -2.63. The van der Waals surface area contributed by atoms with Crippen LogP contribution in [0, 0.1) is 5.92 Å². The molecule has 2 heterocycles. The maximum absolute atomic E-state index is 13.6. The SMILES string of the molecule is CC(C)NC(=O)C1=C(CS(=O)(=O)N(C)C)[C@@H]2Oc3c(O)ccc4c3[C@@]23CCN(CC2CC2)[C@H](C4)[C@]3(O)C1. The molecule has 6 rings (SSSR count). The predicted octanol–water partition coefficient (Wildman–Crippen LogP) is 1.28. The first-order valence-electron chi connectivity index (χ1n) is 13.3. The van der Waals surface area contributed by atoms with Gasteiger partial charge >= 0.3 is 0 Å². The minimum atomic E-state index is -3.75. The van der Waals surface area contributed by atoms with E-state index in [2.05, 4.69) is 10.2 Å². The van der Waals surface area contributed by atoms with E-state index in [9.17, 15) is 23.4 Å². The molecule has 3 aliphatic carbocycles. The molecule has 3 N–H and O–H groups in total. The molecular formula is C27H37N3O6S. The summed E-state index contributed by atoms with van der Waals surface area (Å²) in [6, 6.07) is 3.15. The Morgan fingerprint density at radius 2 is 2.03 bits per heavy atom. The standard InChI is InChI=1S/C27H37N3O6S/c1-15(2)28-25(32)18-12-27(33)21-11-17-7-8-20(31)23-22(17)26(27,9-10-30(21)13-16-5-6-16)24(36-23)19(18)14-37(34,35)29(3)4/h7-8,15-16,21,24,31,33H,5-6,9-14H2,1-4H3,(H,28,32)/t21-,24+,26+,27-/m1/s1. The predicted molar refractivity (Wildman–Crippen MR) is 138 cm³/mol. The highest BCUT2D eigenvalue weighted by atomic mass is 32.2. The Morgan fingerprint density at radius 3 is 2.68 bits per heavy atom. The van der Waals surface area contributed by atoms with Gasteiger partial charge in [-0.25, -0.2) is 12.7 Å². The van der Waals surface area contributed by atoms with E-state index in [4.69, 9.17) is 4.74 Å². The number of nitrogens with zero attached hydrogens (tertiary/aromatic N) is 2. The fourth-order valence-corrected chi connectivity index (χ4v) is 8.31. The van der Waals surface area contributed by atoms with Crippen molar-refractivity contribution in [1.82, 2.24) is 14.5 Å². The van der Waals surface area contributed by atoms with Crippen molar-refractivity contribution in [3.63, 3.8) is 0 Å². The van der Waals surface area contributed by atoms with E-state index in [-0.39, 0.29) is 41.5 Å². The number of piperidine rings is 1. The number of rotatable bonds is 7. The van der Waals surface area contributed by atoms with Crippen LogP contribution in [0.2, 0.25) is 0 Å². The quantitative estimate of drug-likeness (QED) is 0.485. The summed E-state index contributed by atoms with van der Waals surface area (Å²) < 4.78 is 34.0. The maximum Gasteiger partial charge on any atom is 0.247 e. The van der Waals surface area contributed by atoms with Gasteiger partial charge in [0.25, 0.3) is 0 Å². The van der Waals surface area contributed by atoms with Crippen molar-refractivity contribution in [2.24, 2.45) is 5.92 Å². The number of amides is 1. The molecule has 0 unspecified atom stereocenters. The monoisotopic (exact) mass is 531 g/mol. The number of hydrogen-bond donors (Lipinski definition) is 3. The van der Waals surface area contributed by atoms with Gasteiger partial charge < -0.3 is 20.3 Å². The molecule has 1 saturated carbocycles. The van der Waals surface area contributed by atoms with E-state index < -0.39 is 27.1 Å². The summed E-state index contributed by atoms with van der Waals surface area (Å²) in [6.45, 7) is 5.37. The number of ether oxygens (including phenoxy) is 1. The van der Waals surface area contributed by atoms with Crippen LogP contribution < -0.4 is 10.1 Å². The molecule has 5 aliphatic rings. The molecule has 1 spiro atoms. The highest BCUT2D eigenvalue weighted by Gasteiger charge is 2.73. The third-order valence-electron chi connectivity index (χ3n) is 9.25. The number of carbonyl (C=O) groups excluding carboxylic acids is 1. The van der Waals surface area contributed by atoms with Gasteiger partial charge in [0.05, 0.1) is 16.8 Å². The number of carbonyl (C=O) groups is 1. The summed E-state index contributed by atoms with van der Waals surface area (Å²) >= 11 is 0. The number of aromatic hydroxyl groups is 1. The molecule has 2 bridgehead atoms. The Balaban J connectivity index is 1.58. The average Bonchev–Trinajstić information content (AvgIpc) is 3.55. The number of likely N-dealkylation sites (tertiary alicyclic amines) is 1. The van der Waals surface area contributed by atoms with Gasteiger partial charge in [-0.05, 0) is 69.2 Å². The average molecular weight is 532 g/mol. The van der Waals surface area contributed by atoms with E-state index in [1.54, 1.807) is 6.07 Å². The number of sulfonamides is 1. The maximum atomic E-state index is 13.6. The highest BCUT2D eigenvalue weighted by Crippen LogP contribution is 2.66. The van der Waals surface area contributed by atoms with E-state index >= 15 is 0 Å². The molecule has 0 radical (unpaired) electrons. The number of phenolic OH excluding ortho intramolecular Hbond substituents is 1. The van der Waals surface area contributed by atoms with Crippen LogP contribution in [0.1, 0.15) is 50.7 Å². The van der Waals surface area contributed by atoms with E-state index in [0.717, 1.165) is 28.5 Å². The van der Waals surface area contributed by atoms with Crippen molar-refractivity contribution in [3.8, 4) is 11.5 Å². The summed E-state index contributed by atoms with van der Waals surface area (Å²) in [4.78, 5) is 16.0. The van der Waals surface area contributed by atoms with Gasteiger partial charge in [0.1, 0.15) is 6.10 Å². The van der Waals surface area contributed by atoms with Crippen molar-refractivity contribution in [2.75, 3.05) is 32.9 Å². The fraction of sp³-hybridized carbons (Fsp3) is 0.667. The van der Waals surface area contributed by atoms with Crippen LogP contribution in [-0.2, 0) is 26.7 Å². The normalized spacial score (nSPS) is 32.5. The molecule has 1 aromatic carbocycles. The summed E-state index contributed by atoms with van der Waals surface area (Å²) in [5, 5.41) is 26.6. The van der Waals surface area contributed by atoms with Crippen LogP contribution in [0.15, 0.2) is 23.3 Å². The zero-order valence-electron chi connectivity index (χ0n) is 22.0. The van der Waals surface area contributed by atoms with E-state index in [0.29, 0.717) is 30.1 Å². The van der Waals surface area contributed by atoms with Gasteiger partial charge in [-0.15, -0.1) is 0 Å². The summed E-state index contributed by atoms with van der Waals surface area (Å²) in [5.41, 5.74) is 0.218. The van der Waals surface area contributed by atoms with Crippen LogP contribution in [0.25, 0.3) is 0 Å². The summed E-state index contributed by atoms with van der Waals surface area (Å²) in [7, 11) is -0.797. The number of hydrogen-bond acceptors (Lipinski definition) is 7. The minimum Gasteiger partial charge on any atom is -0.504 e. The highest BCUT2D eigenvalue weighted by molar-refractivity contribution is 7.89. The van der Waals surface area contributed by atoms with Gasteiger partial charge in [0.2, 0.25) is 15.9 Å². The molecule has 9 nitrogen and oxygen atoms in total. The molecule has 2 aliphatic heterocycles. The Bertz CT molecular complexity index is 1300. The van der Waals surface area contributed by atoms with Crippen LogP contribution in [0.4, 0.5) is 0 Å². The van der Waals surface area contributed by atoms with Crippen molar-refractivity contribution in [1.29, 1.82) is 0 Å². The number of nitrogens with one attached hydrogen (secondary N) is 1. The molecular weight excluding hydrogens is 494 g/mol. The van der Waals surface area contributed by atoms with Gasteiger partial charge in [-0.2, -0.15) is 0 Å². The molecule has 202 valence electrons. The third-order valence-corrected chi connectivity index (χ3v) is 11.0. The lowest BCUT2D eigenvalue weighted by Crippen LogP contribution is -2.76. The Labute approximate surface area is 218 Å². The van der Waals surface area contributed by atoms with E-state index in [1.807, 2.05) is 19.9 Å². The fourth-order valence-electron chi connectivity index (χ4n) is 7.34. The number of aliphatic hydroxyl groups is 1. The van der Waals surface area contributed by atoms with Crippen molar-refractivity contribution in [3.05, 3.63) is 34.4 Å². The Morgan fingerprint density at radius 1 is 1.30 bits per heavy atom. The molecule has 37 heavy (non-hydrogen) atoms. The Kier molecular flexibility index (Phi) is 5.56. The Hall–Kier alpha value is -2.14. The van der Waals surface area contributed by atoms with Crippen LogP contribution in [0.3, 0.4) is 0 Å². The first kappa shape index (κ1) is 25.2. The van der Waals surface area contributed by atoms with Gasteiger partial charge in [-0.1, -0.05) is 6.07 Å². The summed E-state index contributed by atoms with van der Waals surface area (Å²) in [6.07, 6.45) is 2.73. The number of benzene rings is 1. The lowest BCUT2D eigenvalue weighted by molar-refractivity contribution is -0.167. The second kappa shape index (κ2) is 8.18. The van der Waals surface area contributed by atoms with Crippen molar-refractivity contribution in [2.45, 2.75) is 75.2 Å². The van der Waals surface area contributed by atoms with Gasteiger partial charge in [0, 0.05) is 50.3 Å². The second-order valence-electron chi connectivity index (χ2n) is 12.1. The van der Waals surface area contributed by atoms with Gasteiger partial charge in [0.15, 0.2) is 11.5 Å². The second-order valence-corrected chi connectivity index (χ2v) is 14.3. The molecule has 1 saturated heterocycles. The molecule has 2 fully saturated rings. The number of phenols is 1. The smallest absolute Gasteiger partial charge is 0.247 e. The molecule has 4 atom stereocenters. The molecule has 0 aromatic heterocycles. The molecule has 1 aromatic rings. The molecule has 1 amide bonds. The molecule has 10 heteroatoms. The first-order valence-corrected chi connectivity index (χ1v) is 14.9. The minimum absolute atomic E-state index is 0.0215. The zero-order chi connectivity index (χ0) is 26.5.